The number of piperazine rings is 1. The molecule has 1 atom stereocenters. The van der Waals surface area contributed by atoms with E-state index in [9.17, 15) is 9.59 Å². The third-order valence-electron chi connectivity index (χ3n) is 6.36. The lowest BCUT2D eigenvalue weighted by Crippen LogP contribution is -2.51. The molecule has 2 aliphatic heterocycles. The number of nitrogens with one attached hydrogen (secondary N) is 1. The Hall–Kier alpha value is -2.71. The Morgan fingerprint density at radius 1 is 1.09 bits per heavy atom. The van der Waals surface area contributed by atoms with E-state index in [2.05, 4.69) is 50.5 Å². The monoisotopic (exact) mass is 438 g/mol. The standard InChI is InChI=1S/C24H34N6O2/c1-19-17-22-29(26-19)12-9-23(31)30(22)20(2)24(32)25-10-6-11-27-13-15-28(16-14-27)18-21-7-4-3-5-8-21/h3-5,7-8,17,20H,6,9-16,18H2,1-2H3,(H,25,32)/t20-/m0/s1. The zero-order valence-corrected chi connectivity index (χ0v) is 19.2. The van der Waals surface area contributed by atoms with Crippen molar-refractivity contribution in [3.05, 3.63) is 47.7 Å². The van der Waals surface area contributed by atoms with Crippen LogP contribution in [0.2, 0.25) is 0 Å². The summed E-state index contributed by atoms with van der Waals surface area (Å²) < 4.78 is 1.82. The van der Waals surface area contributed by atoms with Gasteiger partial charge in [0.15, 0.2) is 0 Å². The number of rotatable bonds is 8. The fourth-order valence-corrected chi connectivity index (χ4v) is 4.55. The van der Waals surface area contributed by atoms with Gasteiger partial charge >= 0.3 is 0 Å². The minimum absolute atomic E-state index is 0.0200. The predicted molar refractivity (Wildman–Crippen MR) is 124 cm³/mol. The summed E-state index contributed by atoms with van der Waals surface area (Å²) in [5.41, 5.74) is 2.22. The lowest BCUT2D eigenvalue weighted by Gasteiger charge is -2.35. The molecule has 1 fully saturated rings. The van der Waals surface area contributed by atoms with Crippen LogP contribution < -0.4 is 10.2 Å². The smallest absolute Gasteiger partial charge is 0.242 e. The van der Waals surface area contributed by atoms with Crippen LogP contribution in [-0.2, 0) is 22.7 Å². The summed E-state index contributed by atoms with van der Waals surface area (Å²) in [4.78, 5) is 31.8. The molecule has 32 heavy (non-hydrogen) atoms. The Morgan fingerprint density at radius 2 is 1.81 bits per heavy atom. The maximum Gasteiger partial charge on any atom is 0.242 e. The van der Waals surface area contributed by atoms with E-state index in [1.54, 1.807) is 11.8 Å². The molecule has 172 valence electrons. The molecule has 0 radical (unpaired) electrons. The molecule has 1 saturated heterocycles. The van der Waals surface area contributed by atoms with Crippen molar-refractivity contribution in [1.29, 1.82) is 0 Å². The molecular formula is C24H34N6O2. The van der Waals surface area contributed by atoms with Gasteiger partial charge in [-0.2, -0.15) is 5.10 Å². The quantitative estimate of drug-likeness (QED) is 0.635. The first kappa shape index (κ1) is 22.5. The van der Waals surface area contributed by atoms with E-state index >= 15 is 0 Å². The van der Waals surface area contributed by atoms with Crippen molar-refractivity contribution in [2.45, 2.75) is 45.8 Å². The third kappa shape index (κ3) is 5.37. The number of carbonyl (C=O) groups is 2. The van der Waals surface area contributed by atoms with Crippen molar-refractivity contribution >= 4 is 17.6 Å². The highest BCUT2D eigenvalue weighted by Gasteiger charge is 2.33. The number of carbonyl (C=O) groups excluding carboxylic acids is 2. The van der Waals surface area contributed by atoms with E-state index in [4.69, 9.17) is 0 Å². The van der Waals surface area contributed by atoms with Gasteiger partial charge in [0.1, 0.15) is 11.9 Å². The van der Waals surface area contributed by atoms with Crippen LogP contribution in [0.5, 0.6) is 0 Å². The number of aryl methyl sites for hydroxylation is 2. The molecule has 0 aliphatic carbocycles. The van der Waals surface area contributed by atoms with Gasteiger partial charge in [-0.05, 0) is 32.4 Å². The molecule has 0 saturated carbocycles. The summed E-state index contributed by atoms with van der Waals surface area (Å²) in [5, 5.41) is 7.43. The SMILES string of the molecule is Cc1cc2n(n1)CCC(=O)N2[C@@H](C)C(=O)NCCCN1CCN(Cc2ccccc2)CC1. The molecule has 0 unspecified atom stereocenters. The Bertz CT molecular complexity index is 920. The Labute approximate surface area is 190 Å². The van der Waals surface area contributed by atoms with E-state index in [0.29, 0.717) is 19.5 Å². The second kappa shape index (κ2) is 10.3. The molecule has 2 aromatic rings. The second-order valence-corrected chi connectivity index (χ2v) is 8.80. The Balaban J connectivity index is 1.17. The first-order valence-electron chi connectivity index (χ1n) is 11.6. The van der Waals surface area contributed by atoms with Gasteiger partial charge in [-0.1, -0.05) is 30.3 Å². The topological polar surface area (TPSA) is 73.7 Å². The van der Waals surface area contributed by atoms with Crippen LogP contribution in [0.15, 0.2) is 36.4 Å². The molecule has 3 heterocycles. The van der Waals surface area contributed by atoms with E-state index in [1.807, 2.05) is 17.7 Å². The van der Waals surface area contributed by atoms with E-state index in [0.717, 1.165) is 57.2 Å². The van der Waals surface area contributed by atoms with Gasteiger partial charge in [0, 0.05) is 51.8 Å². The molecule has 1 N–H and O–H groups in total. The number of nitrogens with zero attached hydrogens (tertiary/aromatic N) is 5. The number of fused-ring (bicyclic) bond motifs is 1. The number of amides is 2. The van der Waals surface area contributed by atoms with Crippen molar-refractivity contribution < 1.29 is 9.59 Å². The average Bonchev–Trinajstić information content (AvgIpc) is 3.18. The Kier molecular flexibility index (Phi) is 7.22. The van der Waals surface area contributed by atoms with Gasteiger partial charge in [-0.15, -0.1) is 0 Å². The molecular weight excluding hydrogens is 404 g/mol. The molecule has 1 aromatic carbocycles. The summed E-state index contributed by atoms with van der Waals surface area (Å²) in [6.07, 6.45) is 1.28. The van der Waals surface area contributed by atoms with Gasteiger partial charge in [-0.3, -0.25) is 19.4 Å². The number of aromatic nitrogens is 2. The van der Waals surface area contributed by atoms with Crippen LogP contribution in [-0.4, -0.2) is 76.7 Å². The number of hydrogen-bond donors (Lipinski definition) is 1. The highest BCUT2D eigenvalue weighted by Crippen LogP contribution is 2.24. The van der Waals surface area contributed by atoms with Crippen LogP contribution in [0, 0.1) is 6.92 Å². The van der Waals surface area contributed by atoms with Crippen LogP contribution in [0.3, 0.4) is 0 Å². The maximum atomic E-state index is 12.7. The zero-order valence-electron chi connectivity index (χ0n) is 19.2. The normalized spacial score (nSPS) is 18.4. The molecule has 8 heteroatoms. The fourth-order valence-electron chi connectivity index (χ4n) is 4.55. The maximum absolute atomic E-state index is 12.7. The summed E-state index contributed by atoms with van der Waals surface area (Å²) in [5.74, 6) is 0.585. The summed E-state index contributed by atoms with van der Waals surface area (Å²) in [6, 6.07) is 11.9. The first-order chi connectivity index (χ1) is 15.5. The second-order valence-electron chi connectivity index (χ2n) is 8.80. The number of hydrogen-bond acceptors (Lipinski definition) is 5. The van der Waals surface area contributed by atoms with Crippen molar-refractivity contribution in [3.63, 3.8) is 0 Å². The van der Waals surface area contributed by atoms with Crippen molar-refractivity contribution in [3.8, 4) is 0 Å². The largest absolute Gasteiger partial charge is 0.354 e. The number of anilines is 1. The highest BCUT2D eigenvalue weighted by molar-refractivity contribution is 6.00. The molecule has 2 amide bonds. The van der Waals surface area contributed by atoms with Gasteiger partial charge < -0.3 is 10.2 Å². The van der Waals surface area contributed by atoms with Crippen molar-refractivity contribution in [1.82, 2.24) is 24.9 Å². The minimum Gasteiger partial charge on any atom is -0.354 e. The highest BCUT2D eigenvalue weighted by atomic mass is 16.2. The van der Waals surface area contributed by atoms with E-state index in [-0.39, 0.29) is 11.8 Å². The summed E-state index contributed by atoms with van der Waals surface area (Å²) in [7, 11) is 0. The van der Waals surface area contributed by atoms with Crippen LogP contribution >= 0.6 is 0 Å². The Morgan fingerprint density at radius 3 is 2.56 bits per heavy atom. The molecule has 4 rings (SSSR count). The average molecular weight is 439 g/mol. The first-order valence-corrected chi connectivity index (χ1v) is 11.6. The minimum atomic E-state index is -0.542. The third-order valence-corrected chi connectivity index (χ3v) is 6.36. The predicted octanol–water partition coefficient (Wildman–Crippen LogP) is 1.64. The molecule has 8 nitrogen and oxygen atoms in total. The fraction of sp³-hybridized carbons (Fsp3) is 0.542. The molecule has 1 aromatic heterocycles. The van der Waals surface area contributed by atoms with Gasteiger partial charge in [0.25, 0.3) is 0 Å². The van der Waals surface area contributed by atoms with Gasteiger partial charge in [-0.25, -0.2) is 4.68 Å². The van der Waals surface area contributed by atoms with Crippen LogP contribution in [0.1, 0.15) is 31.0 Å². The number of benzene rings is 1. The van der Waals surface area contributed by atoms with Crippen molar-refractivity contribution in [2.24, 2.45) is 0 Å². The van der Waals surface area contributed by atoms with Crippen LogP contribution in [0.4, 0.5) is 5.82 Å². The molecule has 2 aliphatic rings. The van der Waals surface area contributed by atoms with Gasteiger partial charge in [0.05, 0.1) is 12.2 Å². The van der Waals surface area contributed by atoms with Gasteiger partial charge in [0.2, 0.25) is 11.8 Å². The molecule has 0 spiro atoms. The van der Waals surface area contributed by atoms with Crippen LogP contribution in [0.25, 0.3) is 0 Å². The molecule has 0 bridgehead atoms. The van der Waals surface area contributed by atoms with Crippen molar-refractivity contribution in [2.75, 3.05) is 44.2 Å². The lowest BCUT2D eigenvalue weighted by molar-refractivity contribution is -0.126. The lowest BCUT2D eigenvalue weighted by atomic mass is 10.2. The zero-order chi connectivity index (χ0) is 22.5. The summed E-state index contributed by atoms with van der Waals surface area (Å²) in [6.45, 7) is 11.1. The van der Waals surface area contributed by atoms with E-state index < -0.39 is 6.04 Å². The van der Waals surface area contributed by atoms with E-state index in [1.165, 1.54) is 5.56 Å². The summed E-state index contributed by atoms with van der Waals surface area (Å²) >= 11 is 0.